The van der Waals surface area contributed by atoms with Crippen LogP contribution in [0, 0.1) is 0 Å². The molecule has 0 unspecified atom stereocenters. The number of ether oxygens (including phenoxy) is 1. The largest absolute Gasteiger partial charge is 0.496 e. The smallest absolute Gasteiger partial charge is 0.331 e. The quantitative estimate of drug-likeness (QED) is 0.802. The van der Waals surface area contributed by atoms with Crippen LogP contribution in [0.4, 0.5) is 10.5 Å². The summed E-state index contributed by atoms with van der Waals surface area (Å²) < 4.78 is 6.81. The van der Waals surface area contributed by atoms with Gasteiger partial charge in [-0.05, 0) is 17.7 Å². The van der Waals surface area contributed by atoms with Crippen molar-refractivity contribution in [2.45, 2.75) is 0 Å². The van der Waals surface area contributed by atoms with E-state index < -0.39 is 0 Å². The van der Waals surface area contributed by atoms with E-state index in [2.05, 4.69) is 10.3 Å². The van der Waals surface area contributed by atoms with Gasteiger partial charge in [0.25, 0.3) is 0 Å². The number of anilines is 1. The van der Waals surface area contributed by atoms with Crippen LogP contribution < -0.4 is 10.1 Å². The van der Waals surface area contributed by atoms with Gasteiger partial charge in [0.2, 0.25) is 0 Å². The summed E-state index contributed by atoms with van der Waals surface area (Å²) in [5.74, 6) is 0.703. The van der Waals surface area contributed by atoms with Crippen molar-refractivity contribution in [3.8, 4) is 16.9 Å². The molecule has 0 aliphatic carbocycles. The minimum Gasteiger partial charge on any atom is -0.496 e. The minimum atomic E-state index is -0.271. The normalized spacial score (nSPS) is 10.2. The Morgan fingerprint density at radius 2 is 2.00 bits per heavy atom. The van der Waals surface area contributed by atoms with Gasteiger partial charge in [-0.25, -0.2) is 9.78 Å². The van der Waals surface area contributed by atoms with E-state index in [0.717, 1.165) is 11.1 Å². The van der Waals surface area contributed by atoms with Gasteiger partial charge in [0.15, 0.2) is 0 Å². The summed E-state index contributed by atoms with van der Waals surface area (Å²) in [5.41, 5.74) is 2.70. The molecule has 1 heterocycles. The maximum absolute atomic E-state index is 12.0. The predicted octanol–water partition coefficient (Wildman–Crippen LogP) is 3.64. The number of benzene rings is 2. The highest BCUT2D eigenvalue weighted by Crippen LogP contribution is 2.32. The second kappa shape index (κ2) is 6.13. The van der Waals surface area contributed by atoms with E-state index in [-0.39, 0.29) is 6.03 Å². The molecule has 22 heavy (non-hydrogen) atoms. The number of imidazole rings is 1. The van der Waals surface area contributed by atoms with Gasteiger partial charge in [-0.2, -0.15) is 0 Å². The highest BCUT2D eigenvalue weighted by Gasteiger charge is 2.09. The lowest BCUT2D eigenvalue weighted by Crippen LogP contribution is -2.17. The number of hydrogen-bond donors (Lipinski definition) is 1. The van der Waals surface area contributed by atoms with Gasteiger partial charge in [0.05, 0.1) is 7.11 Å². The number of amides is 1. The first kappa shape index (κ1) is 13.9. The molecule has 0 radical (unpaired) electrons. The Bertz CT molecular complexity index is 768. The topological polar surface area (TPSA) is 56.1 Å². The van der Waals surface area contributed by atoms with Crippen LogP contribution in [-0.4, -0.2) is 22.7 Å². The number of carbonyl (C=O) groups is 1. The van der Waals surface area contributed by atoms with Gasteiger partial charge in [-0.15, -0.1) is 0 Å². The molecule has 0 saturated carbocycles. The summed E-state index contributed by atoms with van der Waals surface area (Å²) in [6.07, 6.45) is 4.59. The summed E-state index contributed by atoms with van der Waals surface area (Å²) in [6.45, 7) is 0. The van der Waals surface area contributed by atoms with Gasteiger partial charge in [0, 0.05) is 29.7 Å². The summed E-state index contributed by atoms with van der Waals surface area (Å²) >= 11 is 0. The molecule has 1 aromatic heterocycles. The number of carbonyl (C=O) groups excluding carboxylic acids is 1. The Morgan fingerprint density at radius 3 is 2.68 bits per heavy atom. The van der Waals surface area contributed by atoms with Gasteiger partial charge in [0.1, 0.15) is 12.1 Å². The molecule has 0 spiro atoms. The monoisotopic (exact) mass is 293 g/mol. The maximum atomic E-state index is 12.0. The number of methoxy groups -OCH3 is 1. The van der Waals surface area contributed by atoms with Crippen molar-refractivity contribution >= 4 is 11.7 Å². The molecular weight excluding hydrogens is 278 g/mol. The molecule has 1 amide bonds. The van der Waals surface area contributed by atoms with Crippen LogP contribution in [0.25, 0.3) is 11.1 Å². The SMILES string of the molecule is COc1cc(NC(=O)n2ccnc2)ccc1-c1ccccc1. The number of aromatic nitrogens is 2. The molecule has 3 aromatic rings. The fourth-order valence-corrected chi connectivity index (χ4v) is 2.19. The number of nitrogens with zero attached hydrogens (tertiary/aromatic N) is 2. The van der Waals surface area contributed by atoms with Crippen LogP contribution in [0.15, 0.2) is 67.3 Å². The molecule has 1 N–H and O–H groups in total. The Labute approximate surface area is 128 Å². The van der Waals surface area contributed by atoms with E-state index >= 15 is 0 Å². The Morgan fingerprint density at radius 1 is 1.18 bits per heavy atom. The Hall–Kier alpha value is -3.08. The third kappa shape index (κ3) is 2.83. The lowest BCUT2D eigenvalue weighted by atomic mass is 10.0. The van der Waals surface area contributed by atoms with Gasteiger partial charge in [-0.3, -0.25) is 4.57 Å². The fourth-order valence-electron chi connectivity index (χ4n) is 2.19. The molecule has 110 valence electrons. The van der Waals surface area contributed by atoms with E-state index in [1.165, 1.54) is 10.9 Å². The van der Waals surface area contributed by atoms with Crippen LogP contribution in [0.2, 0.25) is 0 Å². The average Bonchev–Trinajstić information content (AvgIpc) is 3.10. The Balaban J connectivity index is 1.87. The second-order valence-corrected chi connectivity index (χ2v) is 4.68. The van der Waals surface area contributed by atoms with Crippen molar-refractivity contribution in [1.29, 1.82) is 0 Å². The number of nitrogens with one attached hydrogen (secondary N) is 1. The van der Waals surface area contributed by atoms with Crippen molar-refractivity contribution in [3.63, 3.8) is 0 Å². The van der Waals surface area contributed by atoms with Crippen LogP contribution >= 0.6 is 0 Å². The molecule has 0 fully saturated rings. The molecule has 2 aromatic carbocycles. The molecular formula is C17H15N3O2. The van der Waals surface area contributed by atoms with Gasteiger partial charge in [-0.1, -0.05) is 30.3 Å². The molecule has 0 bridgehead atoms. The minimum absolute atomic E-state index is 0.271. The lowest BCUT2D eigenvalue weighted by molar-refractivity contribution is 0.253. The van der Waals surface area contributed by atoms with E-state index in [4.69, 9.17) is 4.74 Å². The molecule has 0 aliphatic heterocycles. The molecule has 5 nitrogen and oxygen atoms in total. The number of rotatable bonds is 3. The first-order chi connectivity index (χ1) is 10.8. The average molecular weight is 293 g/mol. The second-order valence-electron chi connectivity index (χ2n) is 4.68. The zero-order valence-corrected chi connectivity index (χ0v) is 12.1. The fraction of sp³-hybridized carbons (Fsp3) is 0.0588. The van der Waals surface area contributed by atoms with Crippen molar-refractivity contribution in [3.05, 3.63) is 67.3 Å². The first-order valence-corrected chi connectivity index (χ1v) is 6.80. The van der Waals surface area contributed by atoms with Crippen molar-refractivity contribution < 1.29 is 9.53 Å². The molecule has 0 atom stereocenters. The highest BCUT2D eigenvalue weighted by molar-refractivity contribution is 5.91. The highest BCUT2D eigenvalue weighted by atomic mass is 16.5. The third-order valence-corrected chi connectivity index (χ3v) is 3.28. The molecule has 5 heteroatoms. The Kier molecular flexibility index (Phi) is 3.87. The van der Waals surface area contributed by atoms with Gasteiger partial charge < -0.3 is 10.1 Å². The predicted molar refractivity (Wildman–Crippen MR) is 85.1 cm³/mol. The molecule has 3 rings (SSSR count). The lowest BCUT2D eigenvalue weighted by Gasteiger charge is -2.12. The van der Waals surface area contributed by atoms with Crippen LogP contribution in [0.1, 0.15) is 0 Å². The van der Waals surface area contributed by atoms with E-state index in [9.17, 15) is 4.79 Å². The van der Waals surface area contributed by atoms with Crippen molar-refractivity contribution in [2.24, 2.45) is 0 Å². The summed E-state index contributed by atoms with van der Waals surface area (Å²) in [4.78, 5) is 15.9. The summed E-state index contributed by atoms with van der Waals surface area (Å²) in [5, 5.41) is 2.80. The van der Waals surface area contributed by atoms with Crippen molar-refractivity contribution in [2.75, 3.05) is 12.4 Å². The third-order valence-electron chi connectivity index (χ3n) is 3.28. The van der Waals surface area contributed by atoms with E-state index in [0.29, 0.717) is 11.4 Å². The summed E-state index contributed by atoms with van der Waals surface area (Å²) in [7, 11) is 1.61. The molecule has 0 aliphatic rings. The first-order valence-electron chi connectivity index (χ1n) is 6.80. The zero-order valence-electron chi connectivity index (χ0n) is 12.1. The molecule has 0 saturated heterocycles. The van der Waals surface area contributed by atoms with Gasteiger partial charge >= 0.3 is 6.03 Å². The van der Waals surface area contributed by atoms with Crippen molar-refractivity contribution in [1.82, 2.24) is 9.55 Å². The van der Waals surface area contributed by atoms with Crippen LogP contribution in [0.3, 0.4) is 0 Å². The maximum Gasteiger partial charge on any atom is 0.331 e. The van der Waals surface area contributed by atoms with E-state index in [1.54, 1.807) is 25.6 Å². The van der Waals surface area contributed by atoms with E-state index in [1.807, 2.05) is 42.5 Å². The number of hydrogen-bond acceptors (Lipinski definition) is 3. The van der Waals surface area contributed by atoms with Crippen LogP contribution in [-0.2, 0) is 0 Å². The van der Waals surface area contributed by atoms with Crippen LogP contribution in [0.5, 0.6) is 5.75 Å². The standard InChI is InChI=1S/C17H15N3O2/c1-22-16-11-14(19-17(21)20-10-9-18-12-20)7-8-15(16)13-5-3-2-4-6-13/h2-12H,1H3,(H,19,21). The summed E-state index contributed by atoms with van der Waals surface area (Å²) in [6, 6.07) is 15.3. The zero-order chi connectivity index (χ0) is 15.4.